The lowest BCUT2D eigenvalue weighted by atomic mass is 9.85. The highest BCUT2D eigenvalue weighted by molar-refractivity contribution is 7.15. The molecule has 2 aromatic rings. The Labute approximate surface area is 135 Å². The number of benzene rings is 1. The van der Waals surface area contributed by atoms with Gasteiger partial charge in [-0.15, -0.1) is 11.3 Å². The molecule has 1 atom stereocenters. The van der Waals surface area contributed by atoms with Crippen LogP contribution in [0.15, 0.2) is 30.3 Å². The van der Waals surface area contributed by atoms with E-state index in [4.69, 9.17) is 0 Å². The fourth-order valence-electron chi connectivity index (χ4n) is 2.86. The van der Waals surface area contributed by atoms with E-state index in [0.717, 1.165) is 24.4 Å². The van der Waals surface area contributed by atoms with Gasteiger partial charge in [0.25, 0.3) is 0 Å². The summed E-state index contributed by atoms with van der Waals surface area (Å²) in [5, 5.41) is 6.65. The molecule has 0 saturated heterocycles. The van der Waals surface area contributed by atoms with E-state index in [1.807, 2.05) is 7.05 Å². The third-order valence-corrected chi connectivity index (χ3v) is 5.09. The van der Waals surface area contributed by atoms with E-state index in [0.29, 0.717) is 18.9 Å². The maximum absolute atomic E-state index is 11.8. The number of amides is 1. The first kappa shape index (κ1) is 15.2. The van der Waals surface area contributed by atoms with Crippen molar-refractivity contribution in [3.05, 3.63) is 46.5 Å². The number of rotatable bonds is 5. The molecule has 1 aliphatic rings. The van der Waals surface area contributed by atoms with Gasteiger partial charge in [-0.1, -0.05) is 30.3 Å². The standard InChI is InChI=1S/C17H21N3OS/c1-18-10-9-16(21)20-17-19-14-8-7-13(11-15(14)22-17)12-5-3-2-4-6-12/h2-6,13,18H,7-11H2,1H3,(H,19,20,21). The fraction of sp³-hybridized carbons (Fsp3) is 0.412. The molecule has 3 rings (SSSR count). The molecule has 2 N–H and O–H groups in total. The molecule has 4 nitrogen and oxygen atoms in total. The Kier molecular flexibility index (Phi) is 4.85. The summed E-state index contributed by atoms with van der Waals surface area (Å²) in [6.45, 7) is 0.688. The zero-order valence-electron chi connectivity index (χ0n) is 12.8. The number of nitrogens with one attached hydrogen (secondary N) is 2. The van der Waals surface area contributed by atoms with Crippen LogP contribution in [0, 0.1) is 0 Å². The predicted octanol–water partition coefficient (Wildman–Crippen LogP) is 2.96. The smallest absolute Gasteiger partial charge is 0.227 e. The largest absolute Gasteiger partial charge is 0.319 e. The van der Waals surface area contributed by atoms with Crippen LogP contribution in [0.3, 0.4) is 0 Å². The second-order valence-corrected chi connectivity index (χ2v) is 6.72. The Morgan fingerprint density at radius 1 is 1.36 bits per heavy atom. The van der Waals surface area contributed by atoms with Crippen molar-refractivity contribution < 1.29 is 4.79 Å². The summed E-state index contributed by atoms with van der Waals surface area (Å²) in [6.07, 6.45) is 3.64. The van der Waals surface area contributed by atoms with E-state index < -0.39 is 0 Å². The summed E-state index contributed by atoms with van der Waals surface area (Å²) in [4.78, 5) is 17.7. The molecule has 116 valence electrons. The van der Waals surface area contributed by atoms with Crippen LogP contribution >= 0.6 is 11.3 Å². The van der Waals surface area contributed by atoms with Crippen molar-refractivity contribution in [2.45, 2.75) is 31.6 Å². The quantitative estimate of drug-likeness (QED) is 0.892. The van der Waals surface area contributed by atoms with Gasteiger partial charge in [0.2, 0.25) is 5.91 Å². The molecule has 5 heteroatoms. The molecule has 1 aromatic carbocycles. The number of hydrogen-bond donors (Lipinski definition) is 2. The molecule has 1 heterocycles. The van der Waals surface area contributed by atoms with Gasteiger partial charge in [0.05, 0.1) is 5.69 Å². The Morgan fingerprint density at radius 3 is 2.95 bits per heavy atom. The number of hydrogen-bond acceptors (Lipinski definition) is 4. The second kappa shape index (κ2) is 7.03. The number of fused-ring (bicyclic) bond motifs is 1. The normalized spacial score (nSPS) is 17.0. The Balaban J connectivity index is 1.66. The van der Waals surface area contributed by atoms with Crippen molar-refractivity contribution in [2.75, 3.05) is 18.9 Å². The molecule has 1 unspecified atom stereocenters. The van der Waals surface area contributed by atoms with Crippen LogP contribution in [-0.4, -0.2) is 24.5 Å². The van der Waals surface area contributed by atoms with Gasteiger partial charge in [-0.3, -0.25) is 4.79 Å². The number of aryl methyl sites for hydroxylation is 1. The average Bonchev–Trinajstić information content (AvgIpc) is 2.95. The van der Waals surface area contributed by atoms with Crippen molar-refractivity contribution in [1.29, 1.82) is 0 Å². The molecule has 0 fully saturated rings. The molecule has 1 amide bonds. The molecule has 0 radical (unpaired) electrons. The Bertz CT molecular complexity index is 639. The van der Waals surface area contributed by atoms with E-state index in [2.05, 4.69) is 45.9 Å². The number of anilines is 1. The van der Waals surface area contributed by atoms with Crippen LogP contribution < -0.4 is 10.6 Å². The van der Waals surface area contributed by atoms with Crippen molar-refractivity contribution in [2.24, 2.45) is 0 Å². The molecule has 1 aromatic heterocycles. The van der Waals surface area contributed by atoms with E-state index in [-0.39, 0.29) is 5.91 Å². The first-order valence-electron chi connectivity index (χ1n) is 7.74. The van der Waals surface area contributed by atoms with Gasteiger partial charge >= 0.3 is 0 Å². The van der Waals surface area contributed by atoms with Gasteiger partial charge < -0.3 is 10.6 Å². The van der Waals surface area contributed by atoms with Crippen LogP contribution in [0.4, 0.5) is 5.13 Å². The third kappa shape index (κ3) is 3.54. The lowest BCUT2D eigenvalue weighted by Crippen LogP contribution is -2.18. The summed E-state index contributed by atoms with van der Waals surface area (Å²) >= 11 is 1.63. The summed E-state index contributed by atoms with van der Waals surface area (Å²) in [5.74, 6) is 0.599. The molecular weight excluding hydrogens is 294 g/mol. The third-order valence-electron chi connectivity index (χ3n) is 4.06. The molecular formula is C17H21N3OS. The highest BCUT2D eigenvalue weighted by Crippen LogP contribution is 2.36. The summed E-state index contributed by atoms with van der Waals surface area (Å²) in [6, 6.07) is 10.7. The summed E-state index contributed by atoms with van der Waals surface area (Å²) in [5.41, 5.74) is 2.57. The molecule has 0 bridgehead atoms. The first-order valence-corrected chi connectivity index (χ1v) is 8.56. The second-order valence-electron chi connectivity index (χ2n) is 5.64. The van der Waals surface area contributed by atoms with Gasteiger partial charge in [-0.05, 0) is 37.8 Å². The van der Waals surface area contributed by atoms with Crippen molar-refractivity contribution in [1.82, 2.24) is 10.3 Å². The van der Waals surface area contributed by atoms with Gasteiger partial charge in [0.1, 0.15) is 0 Å². The molecule has 0 spiro atoms. The Morgan fingerprint density at radius 2 is 2.18 bits per heavy atom. The highest BCUT2D eigenvalue weighted by Gasteiger charge is 2.24. The molecule has 22 heavy (non-hydrogen) atoms. The predicted molar refractivity (Wildman–Crippen MR) is 90.5 cm³/mol. The van der Waals surface area contributed by atoms with Crippen LogP contribution in [0.25, 0.3) is 0 Å². The summed E-state index contributed by atoms with van der Waals surface area (Å²) < 4.78 is 0. The lowest BCUT2D eigenvalue weighted by molar-refractivity contribution is -0.116. The minimum Gasteiger partial charge on any atom is -0.319 e. The van der Waals surface area contributed by atoms with Gasteiger partial charge in [0, 0.05) is 17.8 Å². The number of nitrogens with zero attached hydrogens (tertiary/aromatic N) is 1. The SMILES string of the molecule is CNCCC(=O)Nc1nc2c(s1)CC(c1ccccc1)CC2. The van der Waals surface area contributed by atoms with Crippen LogP contribution in [0.5, 0.6) is 0 Å². The number of aromatic nitrogens is 1. The van der Waals surface area contributed by atoms with Crippen LogP contribution in [0.2, 0.25) is 0 Å². The fourth-order valence-corrected chi connectivity index (χ4v) is 3.96. The van der Waals surface area contributed by atoms with Crippen molar-refractivity contribution >= 4 is 22.4 Å². The minimum atomic E-state index is 0.0278. The molecule has 0 aliphatic heterocycles. The topological polar surface area (TPSA) is 54.0 Å². The summed E-state index contributed by atoms with van der Waals surface area (Å²) in [7, 11) is 1.85. The number of carbonyl (C=O) groups excluding carboxylic acids is 1. The van der Waals surface area contributed by atoms with Crippen LogP contribution in [0.1, 0.15) is 34.9 Å². The number of carbonyl (C=O) groups is 1. The maximum Gasteiger partial charge on any atom is 0.227 e. The molecule has 1 aliphatic carbocycles. The van der Waals surface area contributed by atoms with Crippen molar-refractivity contribution in [3.8, 4) is 0 Å². The van der Waals surface area contributed by atoms with Gasteiger partial charge in [-0.2, -0.15) is 0 Å². The zero-order chi connectivity index (χ0) is 15.4. The Hall–Kier alpha value is -1.72. The highest BCUT2D eigenvalue weighted by atomic mass is 32.1. The van der Waals surface area contributed by atoms with E-state index in [1.165, 1.54) is 16.1 Å². The monoisotopic (exact) mass is 315 g/mol. The zero-order valence-corrected chi connectivity index (χ0v) is 13.6. The first-order chi connectivity index (χ1) is 10.8. The number of thiazole rings is 1. The minimum absolute atomic E-state index is 0.0278. The molecule has 0 saturated carbocycles. The van der Waals surface area contributed by atoms with Gasteiger partial charge in [-0.25, -0.2) is 4.98 Å². The van der Waals surface area contributed by atoms with Gasteiger partial charge in [0.15, 0.2) is 5.13 Å². The van der Waals surface area contributed by atoms with E-state index in [9.17, 15) is 4.79 Å². The maximum atomic E-state index is 11.8. The average molecular weight is 315 g/mol. The van der Waals surface area contributed by atoms with E-state index in [1.54, 1.807) is 11.3 Å². The van der Waals surface area contributed by atoms with Crippen molar-refractivity contribution in [3.63, 3.8) is 0 Å². The van der Waals surface area contributed by atoms with E-state index >= 15 is 0 Å². The lowest BCUT2D eigenvalue weighted by Gasteiger charge is -2.21. The van der Waals surface area contributed by atoms with Crippen LogP contribution in [-0.2, 0) is 17.6 Å².